The molecule has 0 spiro atoms. The van der Waals surface area contributed by atoms with Crippen LogP contribution in [0.5, 0.6) is 0 Å². The molecule has 0 saturated carbocycles. The molecular weight excluding hydrogens is 294 g/mol. The second-order valence-corrected chi connectivity index (χ2v) is 5.46. The first-order valence-corrected chi connectivity index (χ1v) is 8.34. The van der Waals surface area contributed by atoms with Crippen molar-refractivity contribution in [2.45, 2.75) is 58.3 Å². The van der Waals surface area contributed by atoms with Crippen LogP contribution in [-0.4, -0.2) is 24.6 Å². The van der Waals surface area contributed by atoms with Crippen LogP contribution in [0.15, 0.2) is 27.9 Å². The van der Waals surface area contributed by atoms with Gasteiger partial charge in [-0.1, -0.05) is 45.4 Å². The maximum Gasteiger partial charge on any atom is 0.259 e. The lowest BCUT2D eigenvalue weighted by Gasteiger charge is -2.04. The predicted molar refractivity (Wildman–Crippen MR) is 90.1 cm³/mol. The molecule has 1 rings (SSSR count). The number of amides is 2. The number of nitrogens with zero attached hydrogens (tertiary/aromatic N) is 1. The highest BCUT2D eigenvalue weighted by Gasteiger charge is 2.04. The summed E-state index contributed by atoms with van der Waals surface area (Å²) in [6.45, 7) is 2.13. The molecule has 0 aliphatic rings. The van der Waals surface area contributed by atoms with Crippen molar-refractivity contribution in [3.63, 3.8) is 0 Å². The zero-order valence-corrected chi connectivity index (χ0v) is 13.8. The number of nitrogens with one attached hydrogen (secondary N) is 2. The smallest absolute Gasteiger partial charge is 0.259 e. The van der Waals surface area contributed by atoms with Gasteiger partial charge >= 0.3 is 0 Å². The van der Waals surface area contributed by atoms with Crippen molar-refractivity contribution >= 4 is 18.0 Å². The third kappa shape index (κ3) is 10.3. The van der Waals surface area contributed by atoms with Crippen LogP contribution in [0.3, 0.4) is 0 Å². The number of hydrogen-bond donors (Lipinski definition) is 2. The molecule has 0 unspecified atom stereocenters. The molecule has 0 aliphatic heterocycles. The number of rotatable bonds is 12. The first kappa shape index (κ1) is 18.9. The second-order valence-electron chi connectivity index (χ2n) is 5.46. The molecule has 1 heterocycles. The Kier molecular flexibility index (Phi) is 10.2. The molecular formula is C17H27N3O3. The Morgan fingerprint density at radius 2 is 1.87 bits per heavy atom. The number of furan rings is 1. The van der Waals surface area contributed by atoms with Gasteiger partial charge in [-0.2, -0.15) is 5.10 Å². The SMILES string of the molecule is CCCCCCCCCC(=O)NCC(=O)NN=Cc1ccco1. The van der Waals surface area contributed by atoms with Gasteiger partial charge in [0.15, 0.2) is 0 Å². The largest absolute Gasteiger partial charge is 0.463 e. The van der Waals surface area contributed by atoms with Crippen LogP contribution < -0.4 is 10.7 Å². The first-order chi connectivity index (χ1) is 11.2. The third-order valence-electron chi connectivity index (χ3n) is 3.38. The maximum atomic E-state index is 11.6. The molecule has 23 heavy (non-hydrogen) atoms. The highest BCUT2D eigenvalue weighted by molar-refractivity contribution is 5.85. The van der Waals surface area contributed by atoms with Crippen molar-refractivity contribution in [1.82, 2.24) is 10.7 Å². The van der Waals surface area contributed by atoms with Gasteiger partial charge < -0.3 is 9.73 Å². The highest BCUT2D eigenvalue weighted by atomic mass is 16.3. The molecule has 1 aromatic heterocycles. The number of carbonyl (C=O) groups excluding carboxylic acids is 2. The quantitative estimate of drug-likeness (QED) is 0.353. The van der Waals surface area contributed by atoms with Gasteiger partial charge in [0.1, 0.15) is 5.76 Å². The minimum Gasteiger partial charge on any atom is -0.463 e. The fourth-order valence-corrected chi connectivity index (χ4v) is 2.08. The molecule has 0 saturated heterocycles. The van der Waals surface area contributed by atoms with Crippen LogP contribution in [0.2, 0.25) is 0 Å². The molecule has 6 heteroatoms. The summed E-state index contributed by atoms with van der Waals surface area (Å²) in [6, 6.07) is 3.45. The monoisotopic (exact) mass is 321 g/mol. The van der Waals surface area contributed by atoms with E-state index in [1.54, 1.807) is 12.1 Å². The Morgan fingerprint density at radius 3 is 2.57 bits per heavy atom. The highest BCUT2D eigenvalue weighted by Crippen LogP contribution is 2.08. The van der Waals surface area contributed by atoms with E-state index in [0.717, 1.165) is 12.8 Å². The Morgan fingerprint density at radius 1 is 1.13 bits per heavy atom. The van der Waals surface area contributed by atoms with Gasteiger partial charge in [0, 0.05) is 6.42 Å². The number of unbranched alkanes of at least 4 members (excludes halogenated alkanes) is 6. The Bertz CT molecular complexity index is 469. The zero-order valence-electron chi connectivity index (χ0n) is 13.8. The van der Waals surface area contributed by atoms with Crippen molar-refractivity contribution < 1.29 is 14.0 Å². The van der Waals surface area contributed by atoms with Crippen LogP contribution in [0.25, 0.3) is 0 Å². The molecule has 2 amide bonds. The lowest BCUT2D eigenvalue weighted by Crippen LogP contribution is -2.34. The fourth-order valence-electron chi connectivity index (χ4n) is 2.08. The lowest BCUT2D eigenvalue weighted by atomic mass is 10.1. The Hall–Kier alpha value is -2.11. The van der Waals surface area contributed by atoms with Crippen LogP contribution >= 0.6 is 0 Å². The molecule has 0 aromatic carbocycles. The third-order valence-corrected chi connectivity index (χ3v) is 3.38. The van der Waals surface area contributed by atoms with E-state index in [0.29, 0.717) is 12.2 Å². The average molecular weight is 321 g/mol. The van der Waals surface area contributed by atoms with Crippen LogP contribution in [0, 0.1) is 0 Å². The number of carbonyl (C=O) groups is 2. The normalized spacial score (nSPS) is 10.8. The van der Waals surface area contributed by atoms with Crippen LogP contribution in [0.4, 0.5) is 0 Å². The fraction of sp³-hybridized carbons (Fsp3) is 0.588. The van der Waals surface area contributed by atoms with Crippen molar-refractivity contribution in [3.05, 3.63) is 24.2 Å². The maximum absolute atomic E-state index is 11.6. The van der Waals surface area contributed by atoms with Gasteiger partial charge in [-0.3, -0.25) is 9.59 Å². The van der Waals surface area contributed by atoms with Gasteiger partial charge in [0.25, 0.3) is 5.91 Å². The van der Waals surface area contributed by atoms with E-state index in [2.05, 4.69) is 22.8 Å². The summed E-state index contributed by atoms with van der Waals surface area (Å²) in [5.41, 5.74) is 2.33. The molecule has 128 valence electrons. The Balaban J connectivity index is 1.99. The first-order valence-electron chi connectivity index (χ1n) is 8.34. The molecule has 0 atom stereocenters. The minimum atomic E-state index is -0.360. The summed E-state index contributed by atoms with van der Waals surface area (Å²) in [5, 5.41) is 6.32. The molecule has 0 radical (unpaired) electrons. The number of hydrogen-bond acceptors (Lipinski definition) is 4. The molecule has 6 nitrogen and oxygen atoms in total. The van der Waals surface area contributed by atoms with E-state index in [9.17, 15) is 9.59 Å². The van der Waals surface area contributed by atoms with Gasteiger partial charge in [0.05, 0.1) is 19.0 Å². The summed E-state index contributed by atoms with van der Waals surface area (Å²) in [6.07, 6.45) is 11.6. The van der Waals surface area contributed by atoms with Gasteiger partial charge in [-0.05, 0) is 18.6 Å². The molecule has 0 aliphatic carbocycles. The van der Waals surface area contributed by atoms with Gasteiger partial charge in [-0.25, -0.2) is 5.43 Å². The van der Waals surface area contributed by atoms with Crippen molar-refractivity contribution in [2.75, 3.05) is 6.54 Å². The van der Waals surface area contributed by atoms with E-state index in [4.69, 9.17) is 4.42 Å². The van der Waals surface area contributed by atoms with Crippen molar-refractivity contribution in [3.8, 4) is 0 Å². The van der Waals surface area contributed by atoms with E-state index >= 15 is 0 Å². The zero-order chi connectivity index (χ0) is 16.8. The van der Waals surface area contributed by atoms with Crippen molar-refractivity contribution in [1.29, 1.82) is 0 Å². The van der Waals surface area contributed by atoms with E-state index in [1.807, 2.05) is 0 Å². The van der Waals surface area contributed by atoms with Gasteiger partial charge in [0.2, 0.25) is 5.91 Å². The number of hydrazone groups is 1. The van der Waals surface area contributed by atoms with Gasteiger partial charge in [-0.15, -0.1) is 0 Å². The molecule has 2 N–H and O–H groups in total. The summed E-state index contributed by atoms with van der Waals surface area (Å²) in [4.78, 5) is 23.1. The average Bonchev–Trinajstić information content (AvgIpc) is 3.05. The van der Waals surface area contributed by atoms with Crippen LogP contribution in [-0.2, 0) is 9.59 Å². The standard InChI is InChI=1S/C17H27N3O3/c1-2-3-4-5-6-7-8-11-16(21)18-14-17(22)20-19-13-15-10-9-12-23-15/h9-10,12-13H,2-8,11,14H2,1H3,(H,18,21)(H,20,22). The summed E-state index contributed by atoms with van der Waals surface area (Å²) in [7, 11) is 0. The molecule has 0 bridgehead atoms. The van der Waals surface area contributed by atoms with Crippen LogP contribution in [0.1, 0.15) is 64.1 Å². The summed E-state index contributed by atoms with van der Waals surface area (Å²) in [5.74, 6) is 0.0951. The van der Waals surface area contributed by atoms with E-state index in [-0.39, 0.29) is 18.4 Å². The lowest BCUT2D eigenvalue weighted by molar-refractivity contribution is -0.126. The van der Waals surface area contributed by atoms with Crippen molar-refractivity contribution in [2.24, 2.45) is 5.10 Å². The predicted octanol–water partition coefficient (Wildman–Crippen LogP) is 2.99. The minimum absolute atomic E-state index is 0.0647. The molecule has 1 aromatic rings. The van der Waals surface area contributed by atoms with E-state index in [1.165, 1.54) is 44.6 Å². The second kappa shape index (κ2) is 12.4. The Labute approximate surface area is 137 Å². The molecule has 0 fully saturated rings. The summed E-state index contributed by atoms with van der Waals surface area (Å²) >= 11 is 0. The topological polar surface area (TPSA) is 83.7 Å². The summed E-state index contributed by atoms with van der Waals surface area (Å²) < 4.78 is 5.03. The van der Waals surface area contributed by atoms with E-state index < -0.39 is 0 Å².